The summed E-state index contributed by atoms with van der Waals surface area (Å²) in [6.45, 7) is 5.72. The van der Waals surface area contributed by atoms with Crippen molar-refractivity contribution >= 4 is 5.97 Å². The Balaban J connectivity index is 1.95. The average molecular weight is 352 g/mol. The number of aliphatic hydroxyl groups is 3. The van der Waals surface area contributed by atoms with Crippen LogP contribution >= 0.6 is 0 Å². The van der Waals surface area contributed by atoms with E-state index >= 15 is 0 Å². The Hall–Kier alpha value is -0.910. The zero-order chi connectivity index (χ0) is 18.6. The SMILES string of the molecule is C[C@]1([C@@H](O)CO)CC[C@H]2C(=CC[C@@H]3[C@]2(C)CC[C@H](O)[C@@]3(C)C(=O)O)C1. The number of rotatable bonds is 3. The van der Waals surface area contributed by atoms with Crippen molar-refractivity contribution in [3.63, 3.8) is 0 Å². The van der Waals surface area contributed by atoms with E-state index in [1.165, 1.54) is 5.57 Å². The van der Waals surface area contributed by atoms with Crippen molar-refractivity contribution in [1.29, 1.82) is 0 Å². The molecule has 3 aliphatic rings. The van der Waals surface area contributed by atoms with Crippen LogP contribution in [0.5, 0.6) is 0 Å². The highest BCUT2D eigenvalue weighted by atomic mass is 16.4. The number of hydrogen-bond donors (Lipinski definition) is 4. The minimum absolute atomic E-state index is 0.0814. The Morgan fingerprint density at radius 3 is 2.56 bits per heavy atom. The largest absolute Gasteiger partial charge is 0.481 e. The second kappa shape index (κ2) is 6.07. The zero-order valence-corrected chi connectivity index (χ0v) is 15.5. The van der Waals surface area contributed by atoms with Crippen LogP contribution in [-0.2, 0) is 4.79 Å². The molecule has 0 radical (unpaired) electrons. The van der Waals surface area contributed by atoms with Crippen molar-refractivity contribution in [1.82, 2.24) is 0 Å². The van der Waals surface area contributed by atoms with Crippen molar-refractivity contribution in [2.45, 2.75) is 71.5 Å². The predicted octanol–water partition coefficient (Wildman–Crippen LogP) is 2.34. The monoisotopic (exact) mass is 352 g/mol. The molecule has 7 atom stereocenters. The summed E-state index contributed by atoms with van der Waals surface area (Å²) in [6.07, 6.45) is 5.14. The molecule has 0 aromatic heterocycles. The highest BCUT2D eigenvalue weighted by Gasteiger charge is 2.61. The molecule has 0 bridgehead atoms. The van der Waals surface area contributed by atoms with Gasteiger partial charge in [0.15, 0.2) is 0 Å². The van der Waals surface area contributed by atoms with E-state index < -0.39 is 23.6 Å². The number of fused-ring (bicyclic) bond motifs is 3. The van der Waals surface area contributed by atoms with E-state index in [0.29, 0.717) is 18.8 Å². The number of aliphatic carboxylic acids is 1. The van der Waals surface area contributed by atoms with Gasteiger partial charge in [-0.25, -0.2) is 0 Å². The average Bonchev–Trinajstić information content (AvgIpc) is 2.57. The van der Waals surface area contributed by atoms with Crippen LogP contribution in [0.1, 0.15) is 59.3 Å². The first-order valence-corrected chi connectivity index (χ1v) is 9.49. The Morgan fingerprint density at radius 2 is 1.96 bits per heavy atom. The molecule has 3 aliphatic carbocycles. The molecule has 3 rings (SSSR count). The first kappa shape index (κ1) is 18.9. The molecular weight excluding hydrogens is 320 g/mol. The van der Waals surface area contributed by atoms with Gasteiger partial charge in [-0.1, -0.05) is 25.5 Å². The van der Waals surface area contributed by atoms with E-state index in [1.54, 1.807) is 6.92 Å². The van der Waals surface area contributed by atoms with Gasteiger partial charge < -0.3 is 20.4 Å². The molecule has 0 aliphatic heterocycles. The van der Waals surface area contributed by atoms with Crippen LogP contribution in [0.15, 0.2) is 11.6 Å². The van der Waals surface area contributed by atoms with E-state index in [9.17, 15) is 25.2 Å². The lowest BCUT2D eigenvalue weighted by atomic mass is 9.44. The second-order valence-corrected chi connectivity index (χ2v) is 9.34. The summed E-state index contributed by atoms with van der Waals surface area (Å²) in [5, 5.41) is 40.0. The molecule has 0 heterocycles. The molecule has 0 aromatic rings. The van der Waals surface area contributed by atoms with Crippen LogP contribution < -0.4 is 0 Å². The minimum Gasteiger partial charge on any atom is -0.481 e. The van der Waals surface area contributed by atoms with Gasteiger partial charge >= 0.3 is 5.97 Å². The lowest BCUT2D eigenvalue weighted by molar-refractivity contribution is -0.182. The van der Waals surface area contributed by atoms with Crippen molar-refractivity contribution in [3.8, 4) is 0 Å². The third kappa shape index (κ3) is 2.58. The fraction of sp³-hybridized carbons (Fsp3) is 0.850. The zero-order valence-electron chi connectivity index (χ0n) is 15.5. The van der Waals surface area contributed by atoms with Crippen molar-refractivity contribution < 1.29 is 25.2 Å². The van der Waals surface area contributed by atoms with Crippen LogP contribution in [0, 0.1) is 28.1 Å². The van der Waals surface area contributed by atoms with E-state index in [-0.39, 0.29) is 23.4 Å². The second-order valence-electron chi connectivity index (χ2n) is 9.34. The Bertz CT molecular complexity index is 587. The lowest BCUT2D eigenvalue weighted by Gasteiger charge is -2.60. The predicted molar refractivity (Wildman–Crippen MR) is 93.8 cm³/mol. The van der Waals surface area contributed by atoms with Crippen molar-refractivity contribution in [3.05, 3.63) is 11.6 Å². The quantitative estimate of drug-likeness (QED) is 0.585. The van der Waals surface area contributed by atoms with E-state index in [0.717, 1.165) is 25.7 Å². The first-order chi connectivity index (χ1) is 11.6. The van der Waals surface area contributed by atoms with Crippen LogP contribution in [-0.4, -0.2) is 45.2 Å². The van der Waals surface area contributed by atoms with Gasteiger partial charge in [0, 0.05) is 0 Å². The first-order valence-electron chi connectivity index (χ1n) is 9.49. The summed E-state index contributed by atoms with van der Waals surface area (Å²) in [7, 11) is 0. The standard InChI is InChI=1S/C20H32O5/c1-18(16(23)11-21)8-6-13-12(10-18)4-5-14-19(13,2)9-7-15(22)20(14,3)17(24)25/h4,13-16,21-23H,5-11H2,1-3H3,(H,24,25)/t13-,14+,15-,16-,18-,19+,20-/m0/s1. The van der Waals surface area contributed by atoms with Gasteiger partial charge in [0.2, 0.25) is 0 Å². The molecular formula is C20H32O5. The fourth-order valence-corrected chi connectivity index (χ4v) is 6.14. The van der Waals surface area contributed by atoms with Gasteiger partial charge in [0.1, 0.15) is 0 Å². The molecule has 0 amide bonds. The number of hydrogen-bond acceptors (Lipinski definition) is 4. The van der Waals surface area contributed by atoms with Crippen LogP contribution in [0.2, 0.25) is 0 Å². The highest BCUT2D eigenvalue weighted by Crippen LogP contribution is 2.63. The molecule has 0 unspecified atom stereocenters. The number of aliphatic hydroxyl groups excluding tert-OH is 3. The Labute approximate surface area is 149 Å². The summed E-state index contributed by atoms with van der Waals surface area (Å²) >= 11 is 0. The lowest BCUT2D eigenvalue weighted by Crippen LogP contribution is -2.59. The normalized spacial score (nSPS) is 48.1. The maximum absolute atomic E-state index is 12.0. The highest BCUT2D eigenvalue weighted by molar-refractivity contribution is 5.76. The maximum atomic E-state index is 12.0. The van der Waals surface area contributed by atoms with Crippen molar-refractivity contribution in [2.24, 2.45) is 28.1 Å². The molecule has 2 fully saturated rings. The number of allylic oxidation sites excluding steroid dienone is 2. The van der Waals surface area contributed by atoms with E-state index in [2.05, 4.69) is 13.0 Å². The van der Waals surface area contributed by atoms with Crippen molar-refractivity contribution in [2.75, 3.05) is 6.61 Å². The number of carboxylic acid groups (broad SMARTS) is 1. The third-order valence-corrected chi connectivity index (χ3v) is 8.08. The van der Waals surface area contributed by atoms with Crippen LogP contribution in [0.3, 0.4) is 0 Å². The van der Waals surface area contributed by atoms with Gasteiger partial charge in [0.05, 0.1) is 24.2 Å². The van der Waals surface area contributed by atoms with Gasteiger partial charge in [-0.2, -0.15) is 0 Å². The summed E-state index contributed by atoms with van der Waals surface area (Å²) in [5.74, 6) is -0.678. The van der Waals surface area contributed by atoms with Gasteiger partial charge in [-0.15, -0.1) is 0 Å². The topological polar surface area (TPSA) is 98.0 Å². The van der Waals surface area contributed by atoms with Gasteiger partial charge in [-0.05, 0) is 68.1 Å². The molecule has 5 nitrogen and oxygen atoms in total. The molecule has 2 saturated carbocycles. The smallest absolute Gasteiger partial charge is 0.312 e. The number of carbonyl (C=O) groups is 1. The van der Waals surface area contributed by atoms with Crippen LogP contribution in [0.25, 0.3) is 0 Å². The molecule has 25 heavy (non-hydrogen) atoms. The maximum Gasteiger partial charge on any atom is 0.312 e. The molecule has 0 spiro atoms. The molecule has 0 aromatic carbocycles. The minimum atomic E-state index is -1.11. The fourth-order valence-electron chi connectivity index (χ4n) is 6.14. The summed E-state index contributed by atoms with van der Waals surface area (Å²) < 4.78 is 0. The third-order valence-electron chi connectivity index (χ3n) is 8.08. The summed E-state index contributed by atoms with van der Waals surface area (Å²) in [4.78, 5) is 12.0. The Morgan fingerprint density at radius 1 is 1.28 bits per heavy atom. The molecule has 0 saturated heterocycles. The van der Waals surface area contributed by atoms with Gasteiger partial charge in [0.25, 0.3) is 0 Å². The molecule has 142 valence electrons. The van der Waals surface area contributed by atoms with Crippen LogP contribution in [0.4, 0.5) is 0 Å². The Kier molecular flexibility index (Phi) is 4.58. The van der Waals surface area contributed by atoms with Gasteiger partial charge in [-0.3, -0.25) is 4.79 Å². The summed E-state index contributed by atoms with van der Waals surface area (Å²) in [6, 6.07) is 0. The molecule has 5 heteroatoms. The summed E-state index contributed by atoms with van der Waals surface area (Å²) in [5.41, 5.74) is -0.253. The number of carboxylic acids is 1. The molecule has 4 N–H and O–H groups in total. The van der Waals surface area contributed by atoms with E-state index in [4.69, 9.17) is 0 Å². The van der Waals surface area contributed by atoms with E-state index in [1.807, 2.05) is 6.92 Å².